The van der Waals surface area contributed by atoms with Crippen molar-refractivity contribution in [1.29, 1.82) is 0 Å². The van der Waals surface area contributed by atoms with Crippen molar-refractivity contribution in [2.24, 2.45) is 5.10 Å². The zero-order chi connectivity index (χ0) is 24.7. The van der Waals surface area contributed by atoms with E-state index in [-0.39, 0.29) is 16.4 Å². The maximum atomic E-state index is 12.6. The highest BCUT2D eigenvalue weighted by atomic mass is 32.2. The van der Waals surface area contributed by atoms with Crippen LogP contribution in [0.2, 0.25) is 0 Å². The fourth-order valence-electron chi connectivity index (χ4n) is 2.91. The summed E-state index contributed by atoms with van der Waals surface area (Å²) in [4.78, 5) is 12.4. The Kier molecular flexibility index (Phi) is 7.75. The molecule has 178 valence electrons. The van der Waals surface area contributed by atoms with E-state index in [1.54, 1.807) is 30.3 Å². The second-order valence-electron chi connectivity index (χ2n) is 7.03. The molecule has 0 unspecified atom stereocenters. The molecule has 0 saturated carbocycles. The van der Waals surface area contributed by atoms with Gasteiger partial charge in [-0.2, -0.15) is 13.5 Å². The van der Waals surface area contributed by atoms with Crippen LogP contribution in [0.4, 0.5) is 0 Å². The molecule has 0 atom stereocenters. The number of aryl methyl sites for hydroxylation is 1. The Hall–Kier alpha value is -4.05. The van der Waals surface area contributed by atoms with Crippen LogP contribution in [0.1, 0.15) is 21.5 Å². The molecule has 0 spiro atoms. The lowest BCUT2D eigenvalue weighted by molar-refractivity contribution is 0.0954. The van der Waals surface area contributed by atoms with E-state index in [9.17, 15) is 13.2 Å². The summed E-state index contributed by atoms with van der Waals surface area (Å²) in [6, 6.07) is 15.6. The molecule has 1 N–H and O–H groups in total. The number of benzene rings is 3. The van der Waals surface area contributed by atoms with Gasteiger partial charge in [-0.1, -0.05) is 17.7 Å². The second-order valence-corrected chi connectivity index (χ2v) is 8.58. The predicted molar refractivity (Wildman–Crippen MR) is 127 cm³/mol. The Balaban J connectivity index is 1.72. The first-order chi connectivity index (χ1) is 16.3. The number of hydrogen-bond donors (Lipinski definition) is 1. The van der Waals surface area contributed by atoms with E-state index in [0.29, 0.717) is 22.6 Å². The molecule has 3 rings (SSSR count). The Morgan fingerprint density at radius 3 is 2.09 bits per heavy atom. The average molecular weight is 485 g/mol. The van der Waals surface area contributed by atoms with Gasteiger partial charge in [0.15, 0.2) is 23.0 Å². The van der Waals surface area contributed by atoms with Crippen molar-refractivity contribution in [2.45, 2.75) is 11.8 Å². The highest BCUT2D eigenvalue weighted by Crippen LogP contribution is 2.30. The summed E-state index contributed by atoms with van der Waals surface area (Å²) < 4.78 is 46.0. The number of nitrogens with zero attached hydrogens (tertiary/aromatic N) is 1. The van der Waals surface area contributed by atoms with Gasteiger partial charge in [-0.15, -0.1) is 0 Å². The maximum absolute atomic E-state index is 12.6. The first-order valence-electron chi connectivity index (χ1n) is 10.0. The second kappa shape index (κ2) is 10.7. The molecular weight excluding hydrogens is 460 g/mol. The van der Waals surface area contributed by atoms with Gasteiger partial charge in [0.1, 0.15) is 4.90 Å². The topological polar surface area (TPSA) is 113 Å². The van der Waals surface area contributed by atoms with E-state index in [2.05, 4.69) is 10.5 Å². The van der Waals surface area contributed by atoms with Crippen LogP contribution in [0.3, 0.4) is 0 Å². The van der Waals surface area contributed by atoms with E-state index in [0.717, 1.165) is 5.56 Å². The van der Waals surface area contributed by atoms with Gasteiger partial charge in [-0.3, -0.25) is 4.79 Å². The largest absolute Gasteiger partial charge is 0.493 e. The molecule has 3 aromatic rings. The summed E-state index contributed by atoms with van der Waals surface area (Å²) in [5.74, 6) is 0.676. The molecule has 0 radical (unpaired) electrons. The number of carbonyl (C=O) groups excluding carboxylic acids is 1. The quantitative estimate of drug-likeness (QED) is 0.281. The lowest BCUT2D eigenvalue weighted by atomic mass is 10.2. The highest BCUT2D eigenvalue weighted by molar-refractivity contribution is 7.87. The maximum Gasteiger partial charge on any atom is 0.339 e. The van der Waals surface area contributed by atoms with Crippen molar-refractivity contribution >= 4 is 22.2 Å². The van der Waals surface area contributed by atoms with Crippen LogP contribution in [-0.2, 0) is 10.1 Å². The van der Waals surface area contributed by atoms with Crippen molar-refractivity contribution in [2.75, 3.05) is 21.3 Å². The molecule has 0 aliphatic carbocycles. The predicted octanol–water partition coefficient (Wildman–Crippen LogP) is 3.55. The molecule has 0 fully saturated rings. The Bertz CT molecular complexity index is 1300. The Labute approximate surface area is 198 Å². The van der Waals surface area contributed by atoms with Crippen LogP contribution in [0, 0.1) is 6.92 Å². The Morgan fingerprint density at radius 2 is 1.44 bits per heavy atom. The van der Waals surface area contributed by atoms with E-state index >= 15 is 0 Å². The smallest absolute Gasteiger partial charge is 0.339 e. The molecule has 1 amide bonds. The van der Waals surface area contributed by atoms with Gasteiger partial charge < -0.3 is 18.4 Å². The number of rotatable bonds is 9. The minimum Gasteiger partial charge on any atom is -0.493 e. The summed E-state index contributed by atoms with van der Waals surface area (Å²) in [6.45, 7) is 1.86. The van der Waals surface area contributed by atoms with Crippen molar-refractivity contribution in [3.63, 3.8) is 0 Å². The van der Waals surface area contributed by atoms with Gasteiger partial charge in [0.05, 0.1) is 27.5 Å². The van der Waals surface area contributed by atoms with E-state index in [4.69, 9.17) is 18.4 Å². The number of amides is 1. The van der Waals surface area contributed by atoms with Crippen molar-refractivity contribution in [3.05, 3.63) is 77.4 Å². The lowest BCUT2D eigenvalue weighted by Gasteiger charge is -2.11. The fraction of sp³-hybridized carbons (Fsp3) is 0.167. The van der Waals surface area contributed by atoms with Crippen molar-refractivity contribution in [1.82, 2.24) is 5.43 Å². The van der Waals surface area contributed by atoms with Crippen LogP contribution < -0.4 is 23.8 Å². The number of ether oxygens (including phenoxy) is 3. The van der Waals surface area contributed by atoms with Gasteiger partial charge in [-0.05, 0) is 61.0 Å². The summed E-state index contributed by atoms with van der Waals surface area (Å²) in [6.07, 6.45) is 1.39. The lowest BCUT2D eigenvalue weighted by Crippen LogP contribution is -2.17. The molecule has 10 heteroatoms. The van der Waals surface area contributed by atoms with E-state index < -0.39 is 16.0 Å². The SMILES string of the molecule is COc1ccc(C(=O)N/N=C/c2ccc(OS(=O)(=O)c3ccc(C)cc3)c(OC)c2)cc1OC. The molecule has 9 nitrogen and oxygen atoms in total. The zero-order valence-corrected chi connectivity index (χ0v) is 19.9. The first kappa shape index (κ1) is 24.6. The van der Waals surface area contributed by atoms with Gasteiger partial charge in [0.25, 0.3) is 5.91 Å². The minimum atomic E-state index is -4.04. The third kappa shape index (κ3) is 5.84. The van der Waals surface area contributed by atoms with Crippen LogP contribution in [-0.4, -0.2) is 41.9 Å². The van der Waals surface area contributed by atoms with Crippen molar-refractivity contribution < 1.29 is 31.6 Å². The van der Waals surface area contributed by atoms with Gasteiger partial charge >= 0.3 is 10.1 Å². The molecule has 0 aromatic heterocycles. The standard InChI is InChI=1S/C24H24N2O7S/c1-16-5-9-19(10-6-16)34(28,29)33-21-11-7-17(13-22(21)31-3)15-25-26-24(27)18-8-12-20(30-2)23(14-18)32-4/h5-15H,1-4H3,(H,26,27)/b25-15+. The summed E-state index contributed by atoms with van der Waals surface area (Å²) >= 11 is 0. The number of carbonyl (C=O) groups is 1. The molecule has 0 aliphatic heterocycles. The number of hydrazone groups is 1. The first-order valence-corrected chi connectivity index (χ1v) is 11.4. The molecule has 0 bridgehead atoms. The third-order valence-electron chi connectivity index (χ3n) is 4.72. The molecule has 3 aromatic carbocycles. The van der Waals surface area contributed by atoms with Crippen LogP contribution in [0.25, 0.3) is 0 Å². The van der Waals surface area contributed by atoms with Crippen LogP contribution in [0.15, 0.2) is 70.7 Å². The fourth-order valence-corrected chi connectivity index (χ4v) is 3.85. The van der Waals surface area contributed by atoms with Gasteiger partial charge in [0.2, 0.25) is 0 Å². The zero-order valence-electron chi connectivity index (χ0n) is 19.1. The molecule has 34 heavy (non-hydrogen) atoms. The Morgan fingerprint density at radius 1 is 0.824 bits per heavy atom. The normalized spacial score (nSPS) is 11.2. The molecule has 0 aliphatic rings. The number of methoxy groups -OCH3 is 3. The van der Waals surface area contributed by atoms with E-state index in [1.165, 1.54) is 57.9 Å². The van der Waals surface area contributed by atoms with Crippen molar-refractivity contribution in [3.8, 4) is 23.0 Å². The third-order valence-corrected chi connectivity index (χ3v) is 5.97. The number of nitrogens with one attached hydrogen (secondary N) is 1. The minimum absolute atomic E-state index is 0.0228. The molecule has 0 heterocycles. The van der Waals surface area contributed by atoms with E-state index in [1.807, 2.05) is 6.92 Å². The summed E-state index contributed by atoms with van der Waals surface area (Å²) in [5.41, 5.74) is 4.22. The summed E-state index contributed by atoms with van der Waals surface area (Å²) in [5, 5.41) is 3.94. The monoisotopic (exact) mass is 484 g/mol. The number of hydrogen-bond acceptors (Lipinski definition) is 8. The van der Waals surface area contributed by atoms with Gasteiger partial charge in [-0.25, -0.2) is 5.43 Å². The molecular formula is C24H24N2O7S. The van der Waals surface area contributed by atoms with Crippen LogP contribution in [0.5, 0.6) is 23.0 Å². The average Bonchev–Trinajstić information content (AvgIpc) is 2.84. The molecule has 0 saturated heterocycles. The highest BCUT2D eigenvalue weighted by Gasteiger charge is 2.19. The van der Waals surface area contributed by atoms with Crippen LogP contribution >= 0.6 is 0 Å². The summed E-state index contributed by atoms with van der Waals surface area (Å²) in [7, 11) is 0.335. The van der Waals surface area contributed by atoms with Gasteiger partial charge in [0, 0.05) is 5.56 Å².